The van der Waals surface area contributed by atoms with Crippen molar-refractivity contribution in [3.8, 4) is 0 Å². The Hall–Kier alpha value is -1.92. The molecule has 0 aromatic heterocycles. The number of rotatable bonds is 9. The summed E-state index contributed by atoms with van der Waals surface area (Å²) >= 11 is 0. The summed E-state index contributed by atoms with van der Waals surface area (Å²) in [5.74, 6) is -0.551. The predicted molar refractivity (Wildman–Crippen MR) is 88.1 cm³/mol. The number of nitrogens with zero attached hydrogens (tertiary/aromatic N) is 1. The second-order valence-electron chi connectivity index (χ2n) is 6.77. The van der Waals surface area contributed by atoms with Crippen molar-refractivity contribution < 1.29 is 23.9 Å². The highest BCUT2D eigenvalue weighted by Gasteiger charge is 2.39. The molecule has 1 fully saturated rings. The fourth-order valence-electron chi connectivity index (χ4n) is 2.54. The van der Waals surface area contributed by atoms with Gasteiger partial charge in [-0.15, -0.1) is 0 Å². The van der Waals surface area contributed by atoms with Crippen LogP contribution in [0.5, 0.6) is 0 Å². The smallest absolute Gasteiger partial charge is 0.407 e. The highest BCUT2D eigenvalue weighted by atomic mass is 16.5. The second-order valence-corrected chi connectivity index (χ2v) is 6.77. The first-order valence-electron chi connectivity index (χ1n) is 8.51. The molecule has 1 heterocycles. The van der Waals surface area contributed by atoms with Gasteiger partial charge in [-0.1, -0.05) is 13.8 Å². The highest BCUT2D eigenvalue weighted by molar-refractivity contribution is 6.03. The third-order valence-corrected chi connectivity index (χ3v) is 3.94. The van der Waals surface area contributed by atoms with Crippen molar-refractivity contribution in [1.29, 1.82) is 0 Å². The van der Waals surface area contributed by atoms with Gasteiger partial charge in [0.25, 0.3) is 0 Å². The number of carbonyl (C=O) groups excluding carboxylic acids is 4. The van der Waals surface area contributed by atoms with E-state index < -0.39 is 6.09 Å². The number of ether oxygens (including phenoxy) is 1. The van der Waals surface area contributed by atoms with Gasteiger partial charge < -0.3 is 10.1 Å². The van der Waals surface area contributed by atoms with E-state index in [1.807, 2.05) is 27.7 Å². The molecule has 0 spiro atoms. The minimum Gasteiger partial charge on any atom is -0.450 e. The van der Waals surface area contributed by atoms with Gasteiger partial charge in [-0.3, -0.25) is 19.3 Å². The molecule has 1 rings (SSSR count). The minimum absolute atomic E-state index is 0.00401. The lowest BCUT2D eigenvalue weighted by Crippen LogP contribution is -2.33. The number of likely N-dealkylation sites (tertiary alicyclic amines) is 1. The predicted octanol–water partition coefficient (Wildman–Crippen LogP) is 1.89. The van der Waals surface area contributed by atoms with Crippen LogP contribution in [0.1, 0.15) is 53.4 Å². The largest absolute Gasteiger partial charge is 0.450 e. The van der Waals surface area contributed by atoms with E-state index >= 15 is 0 Å². The van der Waals surface area contributed by atoms with E-state index in [-0.39, 0.29) is 67.9 Å². The van der Waals surface area contributed by atoms with Crippen molar-refractivity contribution in [2.75, 3.05) is 13.2 Å². The summed E-state index contributed by atoms with van der Waals surface area (Å²) in [5.41, 5.74) is 0. The Morgan fingerprint density at radius 1 is 1.21 bits per heavy atom. The van der Waals surface area contributed by atoms with E-state index in [1.165, 1.54) is 4.90 Å². The Morgan fingerprint density at radius 3 is 2.42 bits per heavy atom. The van der Waals surface area contributed by atoms with E-state index in [0.717, 1.165) is 0 Å². The maximum Gasteiger partial charge on any atom is 0.407 e. The molecule has 136 valence electrons. The average Bonchev–Trinajstić information content (AvgIpc) is 2.76. The standard InChI is InChI=1S/C17H28N2O5/c1-11(2)14-10-15(21)19(16(14)22)8-7-13(20)6-5-9-24-17(23)18-12(3)4/h11-12,14H,5-10H2,1-4H3,(H,18,23). The molecule has 0 saturated carbocycles. The molecule has 0 radical (unpaired) electrons. The summed E-state index contributed by atoms with van der Waals surface area (Å²) in [7, 11) is 0. The van der Waals surface area contributed by atoms with E-state index in [1.54, 1.807) is 0 Å². The number of hydrogen-bond donors (Lipinski definition) is 1. The number of imide groups is 1. The number of alkyl carbamates (subject to hydrolysis) is 1. The van der Waals surface area contributed by atoms with Crippen LogP contribution >= 0.6 is 0 Å². The molecule has 0 aliphatic carbocycles. The van der Waals surface area contributed by atoms with Crippen LogP contribution in [0, 0.1) is 11.8 Å². The Bertz CT molecular complexity index is 487. The van der Waals surface area contributed by atoms with Crippen LogP contribution < -0.4 is 5.32 Å². The fraction of sp³-hybridized carbons (Fsp3) is 0.765. The third-order valence-electron chi connectivity index (χ3n) is 3.94. The molecule has 24 heavy (non-hydrogen) atoms. The summed E-state index contributed by atoms with van der Waals surface area (Å²) < 4.78 is 4.93. The molecular formula is C17H28N2O5. The highest BCUT2D eigenvalue weighted by Crippen LogP contribution is 2.26. The molecule has 1 N–H and O–H groups in total. The normalized spacial score (nSPS) is 17.8. The van der Waals surface area contributed by atoms with Gasteiger partial charge in [-0.05, 0) is 26.2 Å². The van der Waals surface area contributed by atoms with Crippen LogP contribution in [-0.2, 0) is 19.1 Å². The van der Waals surface area contributed by atoms with Gasteiger partial charge in [0.2, 0.25) is 11.8 Å². The molecule has 7 nitrogen and oxygen atoms in total. The van der Waals surface area contributed by atoms with Gasteiger partial charge in [0, 0.05) is 37.8 Å². The molecule has 0 aromatic rings. The minimum atomic E-state index is -0.495. The molecule has 1 atom stereocenters. The SMILES string of the molecule is CC(C)NC(=O)OCCCC(=O)CCN1C(=O)CC(C(C)C)C1=O. The van der Waals surface area contributed by atoms with Gasteiger partial charge in [-0.25, -0.2) is 4.79 Å². The maximum absolute atomic E-state index is 12.1. The number of hydrogen-bond acceptors (Lipinski definition) is 5. The monoisotopic (exact) mass is 340 g/mol. The summed E-state index contributed by atoms with van der Waals surface area (Å²) in [6.07, 6.45) is 0.592. The van der Waals surface area contributed by atoms with Crippen LogP contribution in [0.2, 0.25) is 0 Å². The van der Waals surface area contributed by atoms with E-state index in [4.69, 9.17) is 4.74 Å². The third kappa shape index (κ3) is 6.29. The lowest BCUT2D eigenvalue weighted by molar-refractivity contribution is -0.140. The zero-order valence-corrected chi connectivity index (χ0v) is 15.0. The maximum atomic E-state index is 12.1. The molecule has 1 saturated heterocycles. The number of amides is 3. The molecule has 1 aliphatic rings. The zero-order chi connectivity index (χ0) is 18.3. The van der Waals surface area contributed by atoms with Crippen molar-refractivity contribution in [1.82, 2.24) is 10.2 Å². The fourth-order valence-corrected chi connectivity index (χ4v) is 2.54. The van der Waals surface area contributed by atoms with Gasteiger partial charge in [0.05, 0.1) is 6.61 Å². The molecular weight excluding hydrogens is 312 g/mol. The number of ketones is 1. The van der Waals surface area contributed by atoms with Crippen LogP contribution in [0.4, 0.5) is 4.79 Å². The van der Waals surface area contributed by atoms with Crippen molar-refractivity contribution in [2.24, 2.45) is 11.8 Å². The quantitative estimate of drug-likeness (QED) is 0.511. The topological polar surface area (TPSA) is 92.8 Å². The Morgan fingerprint density at radius 2 is 1.88 bits per heavy atom. The van der Waals surface area contributed by atoms with Gasteiger partial charge in [-0.2, -0.15) is 0 Å². The van der Waals surface area contributed by atoms with Gasteiger partial charge >= 0.3 is 6.09 Å². The summed E-state index contributed by atoms with van der Waals surface area (Å²) in [4.78, 5) is 48.3. The Kier molecular flexibility index (Phi) is 7.88. The molecule has 0 bridgehead atoms. The average molecular weight is 340 g/mol. The first-order chi connectivity index (χ1) is 11.2. The van der Waals surface area contributed by atoms with Gasteiger partial charge in [0.1, 0.15) is 5.78 Å². The summed E-state index contributed by atoms with van der Waals surface area (Å²) in [5, 5.41) is 2.59. The lowest BCUT2D eigenvalue weighted by atomic mass is 9.94. The van der Waals surface area contributed by atoms with Crippen molar-refractivity contribution in [3.63, 3.8) is 0 Å². The molecule has 7 heteroatoms. The number of Topliss-reactive ketones (excluding diaryl/α,β-unsaturated/α-hetero) is 1. The van der Waals surface area contributed by atoms with E-state index in [9.17, 15) is 19.2 Å². The van der Waals surface area contributed by atoms with Crippen molar-refractivity contribution >= 4 is 23.7 Å². The zero-order valence-electron chi connectivity index (χ0n) is 15.0. The number of nitrogens with one attached hydrogen (secondary N) is 1. The van der Waals surface area contributed by atoms with Crippen molar-refractivity contribution in [3.05, 3.63) is 0 Å². The van der Waals surface area contributed by atoms with E-state index in [0.29, 0.717) is 6.42 Å². The van der Waals surface area contributed by atoms with Crippen LogP contribution in [0.3, 0.4) is 0 Å². The van der Waals surface area contributed by atoms with Crippen molar-refractivity contribution in [2.45, 2.75) is 59.4 Å². The first kappa shape index (κ1) is 20.1. The molecule has 3 amide bonds. The second kappa shape index (κ2) is 9.39. The van der Waals surface area contributed by atoms with E-state index in [2.05, 4.69) is 5.32 Å². The molecule has 0 aromatic carbocycles. The lowest BCUT2D eigenvalue weighted by Gasteiger charge is -2.16. The summed E-state index contributed by atoms with van der Waals surface area (Å²) in [6.45, 7) is 7.81. The Balaban J connectivity index is 2.23. The Labute approximate surface area is 143 Å². The number of carbonyl (C=O) groups is 4. The molecule has 1 aliphatic heterocycles. The van der Waals surface area contributed by atoms with Crippen LogP contribution in [0.25, 0.3) is 0 Å². The first-order valence-corrected chi connectivity index (χ1v) is 8.51. The van der Waals surface area contributed by atoms with Gasteiger partial charge in [0.15, 0.2) is 0 Å². The van der Waals surface area contributed by atoms with Crippen LogP contribution in [0.15, 0.2) is 0 Å². The summed E-state index contributed by atoms with van der Waals surface area (Å²) in [6, 6.07) is 0.00401. The molecule has 1 unspecified atom stereocenters. The van der Waals surface area contributed by atoms with Crippen LogP contribution in [-0.4, -0.2) is 47.8 Å².